The van der Waals surface area contributed by atoms with Crippen LogP contribution >= 0.6 is 0 Å². The highest BCUT2D eigenvalue weighted by Gasteiger charge is 2.14. The molecular weight excluding hydrogens is 336 g/mol. The molecule has 0 aliphatic carbocycles. The molecule has 5 heteroatoms. The van der Waals surface area contributed by atoms with E-state index in [2.05, 4.69) is 58.1 Å². The molecule has 1 aromatic carbocycles. The molecule has 27 heavy (non-hydrogen) atoms. The highest BCUT2D eigenvalue weighted by atomic mass is 16.5. The van der Waals surface area contributed by atoms with E-state index in [1.165, 1.54) is 62.0 Å². The van der Waals surface area contributed by atoms with Crippen molar-refractivity contribution in [1.82, 2.24) is 14.7 Å². The number of aryl methyl sites for hydroxylation is 2. The Kier molecular flexibility index (Phi) is 7.16. The van der Waals surface area contributed by atoms with Crippen LogP contribution in [0.3, 0.4) is 0 Å². The number of ether oxygens (including phenoxy) is 1. The number of aromatic nitrogens is 2. The number of methoxy groups -OCH3 is 1. The molecule has 1 aliphatic rings. The fraction of sp³-hybridized carbons (Fsp3) is 0.591. The summed E-state index contributed by atoms with van der Waals surface area (Å²) in [5.41, 5.74) is 3.76. The van der Waals surface area contributed by atoms with Gasteiger partial charge in [-0.05, 0) is 57.0 Å². The van der Waals surface area contributed by atoms with Crippen molar-refractivity contribution in [1.29, 1.82) is 0 Å². The van der Waals surface area contributed by atoms with Crippen molar-refractivity contribution < 1.29 is 4.74 Å². The molecule has 3 rings (SSSR count). The van der Waals surface area contributed by atoms with E-state index >= 15 is 0 Å². The zero-order chi connectivity index (χ0) is 19.1. The van der Waals surface area contributed by atoms with E-state index in [0.717, 1.165) is 31.2 Å². The van der Waals surface area contributed by atoms with Gasteiger partial charge in [0.25, 0.3) is 0 Å². The third kappa shape index (κ3) is 5.48. The van der Waals surface area contributed by atoms with Crippen LogP contribution in [0.15, 0.2) is 24.3 Å². The molecule has 5 nitrogen and oxygen atoms in total. The topological polar surface area (TPSA) is 42.3 Å². The molecule has 1 fully saturated rings. The predicted octanol–water partition coefficient (Wildman–Crippen LogP) is 4.60. The van der Waals surface area contributed by atoms with E-state index in [1.54, 1.807) is 7.11 Å². The first kappa shape index (κ1) is 19.7. The number of rotatable bonds is 9. The van der Waals surface area contributed by atoms with Crippen LogP contribution in [0.4, 0.5) is 5.82 Å². The molecule has 148 valence electrons. The average Bonchev–Trinajstić information content (AvgIpc) is 3.05. The minimum atomic E-state index is 0.779. The number of likely N-dealkylation sites (tertiary alicyclic amines) is 1. The highest BCUT2D eigenvalue weighted by Crippen LogP contribution is 2.24. The van der Waals surface area contributed by atoms with Crippen molar-refractivity contribution in [3.63, 3.8) is 0 Å². The first-order valence-electron chi connectivity index (χ1n) is 10.4. The normalized spacial score (nSPS) is 15.1. The van der Waals surface area contributed by atoms with Crippen molar-refractivity contribution in [2.75, 3.05) is 25.5 Å². The first-order chi connectivity index (χ1) is 13.2. The second-order valence-corrected chi connectivity index (χ2v) is 7.58. The minimum absolute atomic E-state index is 0.779. The van der Waals surface area contributed by atoms with Crippen molar-refractivity contribution >= 4 is 5.82 Å². The van der Waals surface area contributed by atoms with E-state index in [4.69, 9.17) is 4.74 Å². The molecule has 0 saturated carbocycles. The Morgan fingerprint density at radius 1 is 1.15 bits per heavy atom. The Morgan fingerprint density at radius 3 is 2.70 bits per heavy atom. The summed E-state index contributed by atoms with van der Waals surface area (Å²) in [6.45, 7) is 9.47. The van der Waals surface area contributed by atoms with Gasteiger partial charge in [0.2, 0.25) is 0 Å². The predicted molar refractivity (Wildman–Crippen MR) is 111 cm³/mol. The van der Waals surface area contributed by atoms with Gasteiger partial charge in [-0.25, -0.2) is 0 Å². The lowest BCUT2D eigenvalue weighted by Gasteiger charge is -2.27. The number of unbranched alkanes of at least 4 members (excludes halogenated alkanes) is 1. The Balaban J connectivity index is 1.63. The SMILES string of the molecule is CCCCn1nc(NCc2ccc(OC)c(CN3CCCCC3)c2)cc1C. The van der Waals surface area contributed by atoms with Gasteiger partial charge in [0.1, 0.15) is 11.6 Å². The van der Waals surface area contributed by atoms with E-state index in [-0.39, 0.29) is 0 Å². The molecule has 1 N–H and O–H groups in total. The summed E-state index contributed by atoms with van der Waals surface area (Å²) >= 11 is 0. The average molecular weight is 371 g/mol. The van der Waals surface area contributed by atoms with Gasteiger partial charge in [0, 0.05) is 37.0 Å². The Hall–Kier alpha value is -2.01. The first-order valence-corrected chi connectivity index (χ1v) is 10.4. The number of benzene rings is 1. The zero-order valence-electron chi connectivity index (χ0n) is 17.1. The molecular formula is C22H34N4O. The van der Waals surface area contributed by atoms with Crippen molar-refractivity contribution in [3.8, 4) is 5.75 Å². The maximum Gasteiger partial charge on any atom is 0.148 e. The maximum atomic E-state index is 5.60. The number of nitrogens with one attached hydrogen (secondary N) is 1. The van der Waals surface area contributed by atoms with Gasteiger partial charge < -0.3 is 10.1 Å². The van der Waals surface area contributed by atoms with Gasteiger partial charge in [-0.15, -0.1) is 0 Å². The molecule has 1 aliphatic heterocycles. The van der Waals surface area contributed by atoms with E-state index in [9.17, 15) is 0 Å². The third-order valence-electron chi connectivity index (χ3n) is 5.37. The maximum absolute atomic E-state index is 5.60. The van der Waals surface area contributed by atoms with Gasteiger partial charge in [-0.1, -0.05) is 25.8 Å². The Bertz CT molecular complexity index is 719. The zero-order valence-corrected chi connectivity index (χ0v) is 17.1. The summed E-state index contributed by atoms with van der Waals surface area (Å²) in [6.07, 6.45) is 6.34. The monoisotopic (exact) mass is 370 g/mol. The van der Waals surface area contributed by atoms with Crippen molar-refractivity contribution in [3.05, 3.63) is 41.1 Å². The Morgan fingerprint density at radius 2 is 1.96 bits per heavy atom. The van der Waals surface area contributed by atoms with Crippen molar-refractivity contribution in [2.24, 2.45) is 0 Å². The summed E-state index contributed by atoms with van der Waals surface area (Å²) < 4.78 is 7.70. The van der Waals surface area contributed by atoms with Gasteiger partial charge >= 0.3 is 0 Å². The van der Waals surface area contributed by atoms with Crippen molar-refractivity contribution in [2.45, 2.75) is 65.6 Å². The van der Waals surface area contributed by atoms with E-state index in [0.29, 0.717) is 0 Å². The molecule has 0 bridgehead atoms. The summed E-state index contributed by atoms with van der Waals surface area (Å²) in [7, 11) is 1.76. The molecule has 2 heterocycles. The quantitative estimate of drug-likeness (QED) is 0.700. The summed E-state index contributed by atoms with van der Waals surface area (Å²) in [4.78, 5) is 2.54. The number of anilines is 1. The summed E-state index contributed by atoms with van der Waals surface area (Å²) in [5, 5.41) is 8.17. The lowest BCUT2D eigenvalue weighted by molar-refractivity contribution is 0.218. The standard InChI is InChI=1S/C22H34N4O/c1-4-5-13-26-18(2)14-22(24-26)23-16-19-9-10-21(27-3)20(15-19)17-25-11-7-6-8-12-25/h9-10,14-15H,4-8,11-13,16-17H2,1-3H3,(H,23,24). The smallest absolute Gasteiger partial charge is 0.148 e. The molecule has 0 unspecified atom stereocenters. The van der Waals surface area contributed by atoms with Crippen LogP contribution in [0.25, 0.3) is 0 Å². The van der Waals surface area contributed by atoms with E-state index in [1.807, 2.05) is 0 Å². The van der Waals surface area contributed by atoms with Gasteiger partial charge in [-0.3, -0.25) is 9.58 Å². The number of hydrogen-bond donors (Lipinski definition) is 1. The van der Waals surface area contributed by atoms with E-state index < -0.39 is 0 Å². The third-order valence-corrected chi connectivity index (χ3v) is 5.37. The molecule has 0 atom stereocenters. The molecule has 0 amide bonds. The van der Waals surface area contributed by atoms with Crippen LogP contribution in [0.2, 0.25) is 0 Å². The van der Waals surface area contributed by atoms with Crippen LogP contribution in [0.1, 0.15) is 55.8 Å². The molecule has 0 spiro atoms. The Labute approximate surface area is 163 Å². The molecule has 2 aromatic rings. The van der Waals surface area contributed by atoms with Crippen LogP contribution < -0.4 is 10.1 Å². The highest BCUT2D eigenvalue weighted by molar-refractivity contribution is 5.41. The van der Waals surface area contributed by atoms with Crippen LogP contribution in [-0.2, 0) is 19.6 Å². The van der Waals surface area contributed by atoms with Gasteiger partial charge in [-0.2, -0.15) is 5.10 Å². The van der Waals surface area contributed by atoms with Crippen LogP contribution in [0, 0.1) is 6.92 Å². The van der Waals surface area contributed by atoms with Gasteiger partial charge in [0.05, 0.1) is 7.11 Å². The second kappa shape index (κ2) is 9.79. The molecule has 1 saturated heterocycles. The lowest BCUT2D eigenvalue weighted by atomic mass is 10.1. The number of piperidine rings is 1. The minimum Gasteiger partial charge on any atom is -0.496 e. The van der Waals surface area contributed by atoms with Crippen LogP contribution in [0.5, 0.6) is 5.75 Å². The molecule has 0 radical (unpaired) electrons. The van der Waals surface area contributed by atoms with Crippen LogP contribution in [-0.4, -0.2) is 34.9 Å². The summed E-state index contributed by atoms with van der Waals surface area (Å²) in [5.74, 6) is 1.95. The second-order valence-electron chi connectivity index (χ2n) is 7.58. The number of nitrogens with zero attached hydrogens (tertiary/aromatic N) is 3. The fourth-order valence-corrected chi connectivity index (χ4v) is 3.75. The van der Waals surface area contributed by atoms with Gasteiger partial charge in [0.15, 0.2) is 0 Å². The molecule has 1 aromatic heterocycles. The lowest BCUT2D eigenvalue weighted by Crippen LogP contribution is -2.29. The fourth-order valence-electron chi connectivity index (χ4n) is 3.75. The number of hydrogen-bond acceptors (Lipinski definition) is 4. The largest absolute Gasteiger partial charge is 0.496 e. The summed E-state index contributed by atoms with van der Waals surface area (Å²) in [6, 6.07) is 8.66.